The number of rotatable bonds is 6. The molecular weight excluding hydrogens is 172 g/mol. The Balaban J connectivity index is 3.55. The van der Waals surface area contributed by atoms with Gasteiger partial charge in [0.05, 0.1) is 6.54 Å². The Bertz CT molecular complexity index is 182. The third kappa shape index (κ3) is 7.27. The second-order valence-electron chi connectivity index (χ2n) is 2.93. The molecule has 76 valence electrons. The fourth-order valence-corrected chi connectivity index (χ4v) is 0.899. The molecule has 0 aliphatic carbocycles. The van der Waals surface area contributed by atoms with E-state index in [1.807, 2.05) is 0 Å². The van der Waals surface area contributed by atoms with Crippen LogP contribution in [0, 0.1) is 0 Å². The van der Waals surface area contributed by atoms with Crippen molar-refractivity contribution in [2.45, 2.75) is 25.8 Å². The first-order chi connectivity index (χ1) is 6.06. The quantitative estimate of drug-likeness (QED) is 0.529. The molecule has 0 heterocycles. The lowest BCUT2D eigenvalue weighted by Gasteiger charge is -2.11. The van der Waals surface area contributed by atoms with E-state index in [1.165, 1.54) is 0 Å². The second-order valence-corrected chi connectivity index (χ2v) is 2.93. The Morgan fingerprint density at radius 3 is 2.54 bits per heavy atom. The lowest BCUT2D eigenvalue weighted by molar-refractivity contribution is -0.137. The molecule has 0 aromatic rings. The van der Waals surface area contributed by atoms with Gasteiger partial charge < -0.3 is 15.7 Å². The molecule has 5 heteroatoms. The number of carbonyl (C=O) groups excluding carboxylic acids is 1. The van der Waals surface area contributed by atoms with Crippen molar-refractivity contribution in [3.8, 4) is 0 Å². The zero-order valence-electron chi connectivity index (χ0n) is 7.96. The van der Waals surface area contributed by atoms with Gasteiger partial charge >= 0.3 is 5.97 Å². The first kappa shape index (κ1) is 11.9. The van der Waals surface area contributed by atoms with E-state index in [9.17, 15) is 9.59 Å². The first-order valence-corrected chi connectivity index (χ1v) is 4.22. The van der Waals surface area contributed by atoms with Crippen LogP contribution in [0.4, 0.5) is 0 Å². The molecule has 0 aliphatic heterocycles. The van der Waals surface area contributed by atoms with Crippen LogP contribution in [0.3, 0.4) is 0 Å². The van der Waals surface area contributed by atoms with Crippen LogP contribution in [-0.2, 0) is 9.59 Å². The summed E-state index contributed by atoms with van der Waals surface area (Å²) in [6, 6.07) is -0.0862. The monoisotopic (exact) mass is 188 g/mol. The van der Waals surface area contributed by atoms with E-state index in [4.69, 9.17) is 5.11 Å². The Hall–Kier alpha value is -1.10. The van der Waals surface area contributed by atoms with Crippen LogP contribution in [0.2, 0.25) is 0 Å². The molecule has 0 rings (SSSR count). The maximum Gasteiger partial charge on any atom is 0.303 e. The minimum Gasteiger partial charge on any atom is -0.481 e. The molecule has 0 saturated carbocycles. The lowest BCUT2D eigenvalue weighted by atomic mass is 10.2. The predicted octanol–water partition coefficient (Wildman–Crippen LogP) is -0.425. The zero-order chi connectivity index (χ0) is 10.3. The van der Waals surface area contributed by atoms with Gasteiger partial charge in [-0.2, -0.15) is 0 Å². The molecule has 3 N–H and O–H groups in total. The van der Waals surface area contributed by atoms with Crippen molar-refractivity contribution in [2.75, 3.05) is 13.6 Å². The van der Waals surface area contributed by atoms with E-state index in [0.717, 1.165) is 0 Å². The first-order valence-electron chi connectivity index (χ1n) is 4.22. The molecule has 0 fully saturated rings. The third-order valence-electron chi connectivity index (χ3n) is 1.54. The fourth-order valence-electron chi connectivity index (χ4n) is 0.899. The summed E-state index contributed by atoms with van der Waals surface area (Å²) < 4.78 is 0. The van der Waals surface area contributed by atoms with Gasteiger partial charge in [0, 0.05) is 12.5 Å². The molecule has 0 saturated heterocycles. The highest BCUT2D eigenvalue weighted by Crippen LogP contribution is 1.95. The third-order valence-corrected chi connectivity index (χ3v) is 1.54. The number of carboxylic acid groups (broad SMARTS) is 1. The predicted molar refractivity (Wildman–Crippen MR) is 48.4 cm³/mol. The number of aliphatic carboxylic acids is 1. The van der Waals surface area contributed by atoms with Crippen molar-refractivity contribution < 1.29 is 14.7 Å². The summed E-state index contributed by atoms with van der Waals surface area (Å²) in [5, 5.41) is 13.8. The molecule has 0 radical (unpaired) electrons. The summed E-state index contributed by atoms with van der Waals surface area (Å²) in [6.07, 6.45) is 0.547. The van der Waals surface area contributed by atoms with Gasteiger partial charge in [-0.05, 0) is 20.4 Å². The van der Waals surface area contributed by atoms with Crippen LogP contribution >= 0.6 is 0 Å². The van der Waals surface area contributed by atoms with Crippen LogP contribution in [0.15, 0.2) is 0 Å². The van der Waals surface area contributed by atoms with Crippen LogP contribution < -0.4 is 10.6 Å². The Morgan fingerprint density at radius 2 is 2.08 bits per heavy atom. The van der Waals surface area contributed by atoms with Gasteiger partial charge in [-0.15, -0.1) is 0 Å². The van der Waals surface area contributed by atoms with E-state index >= 15 is 0 Å². The minimum atomic E-state index is -0.838. The fraction of sp³-hybridized carbons (Fsp3) is 0.750. The molecule has 13 heavy (non-hydrogen) atoms. The van der Waals surface area contributed by atoms with Crippen LogP contribution in [0.25, 0.3) is 0 Å². The number of amides is 1. The van der Waals surface area contributed by atoms with E-state index in [1.54, 1.807) is 14.0 Å². The van der Waals surface area contributed by atoms with E-state index in [0.29, 0.717) is 6.42 Å². The van der Waals surface area contributed by atoms with Gasteiger partial charge in [-0.3, -0.25) is 9.59 Å². The van der Waals surface area contributed by atoms with Crippen molar-refractivity contribution in [3.05, 3.63) is 0 Å². The average molecular weight is 188 g/mol. The number of hydrogen-bond acceptors (Lipinski definition) is 3. The molecule has 0 aromatic heterocycles. The van der Waals surface area contributed by atoms with Crippen LogP contribution in [-0.4, -0.2) is 36.6 Å². The molecule has 1 atom stereocenters. The number of carbonyl (C=O) groups is 2. The molecule has 1 amide bonds. The van der Waals surface area contributed by atoms with Gasteiger partial charge in [0.2, 0.25) is 5.91 Å². The van der Waals surface area contributed by atoms with Gasteiger partial charge in [-0.1, -0.05) is 0 Å². The number of carboxylic acids is 1. The molecular formula is C8H16N2O3. The molecule has 0 aromatic carbocycles. The van der Waals surface area contributed by atoms with Crippen molar-refractivity contribution in [1.29, 1.82) is 0 Å². The van der Waals surface area contributed by atoms with Crippen molar-refractivity contribution in [2.24, 2.45) is 0 Å². The van der Waals surface area contributed by atoms with Crippen molar-refractivity contribution >= 4 is 11.9 Å². The van der Waals surface area contributed by atoms with Crippen LogP contribution in [0.1, 0.15) is 19.8 Å². The van der Waals surface area contributed by atoms with Gasteiger partial charge in [0.1, 0.15) is 0 Å². The normalized spacial score (nSPS) is 12.2. The van der Waals surface area contributed by atoms with Gasteiger partial charge in [-0.25, -0.2) is 0 Å². The molecule has 1 unspecified atom stereocenters. The highest BCUT2D eigenvalue weighted by molar-refractivity contribution is 5.78. The smallest absolute Gasteiger partial charge is 0.303 e. The van der Waals surface area contributed by atoms with Crippen molar-refractivity contribution in [3.63, 3.8) is 0 Å². The lowest BCUT2D eigenvalue weighted by Crippen LogP contribution is -2.38. The highest BCUT2D eigenvalue weighted by Gasteiger charge is 2.07. The SMILES string of the molecule is CNCC(=O)NC(C)CCC(=O)O. The van der Waals surface area contributed by atoms with E-state index in [2.05, 4.69) is 10.6 Å². The maximum atomic E-state index is 11.0. The summed E-state index contributed by atoms with van der Waals surface area (Å²) in [7, 11) is 1.68. The molecule has 0 bridgehead atoms. The highest BCUT2D eigenvalue weighted by atomic mass is 16.4. The zero-order valence-corrected chi connectivity index (χ0v) is 7.96. The summed E-state index contributed by atoms with van der Waals surface area (Å²) in [5.74, 6) is -0.949. The number of likely N-dealkylation sites (N-methyl/N-ethyl adjacent to an activating group) is 1. The van der Waals surface area contributed by atoms with E-state index in [-0.39, 0.29) is 24.9 Å². The number of hydrogen-bond donors (Lipinski definition) is 3. The van der Waals surface area contributed by atoms with Gasteiger partial charge in [0.15, 0.2) is 0 Å². The summed E-state index contributed by atoms with van der Waals surface area (Å²) in [5.41, 5.74) is 0. The maximum absolute atomic E-state index is 11.0. The van der Waals surface area contributed by atoms with E-state index < -0.39 is 5.97 Å². The topological polar surface area (TPSA) is 78.4 Å². The summed E-state index contributed by atoms with van der Waals surface area (Å²) >= 11 is 0. The largest absolute Gasteiger partial charge is 0.481 e. The number of nitrogens with one attached hydrogen (secondary N) is 2. The average Bonchev–Trinajstić information content (AvgIpc) is 2.01. The Labute approximate surface area is 77.5 Å². The standard InChI is InChI=1S/C8H16N2O3/c1-6(3-4-8(12)13)10-7(11)5-9-2/h6,9H,3-5H2,1-2H3,(H,10,11)(H,12,13). The molecule has 0 spiro atoms. The molecule has 0 aliphatic rings. The second kappa shape index (κ2) is 6.42. The van der Waals surface area contributed by atoms with Crippen LogP contribution in [0.5, 0.6) is 0 Å². The Morgan fingerprint density at radius 1 is 1.46 bits per heavy atom. The van der Waals surface area contributed by atoms with Crippen molar-refractivity contribution in [1.82, 2.24) is 10.6 Å². The minimum absolute atomic E-state index is 0.0843. The van der Waals surface area contributed by atoms with Gasteiger partial charge in [0.25, 0.3) is 0 Å². The summed E-state index contributed by atoms with van der Waals surface area (Å²) in [4.78, 5) is 21.2. The molecule has 5 nitrogen and oxygen atoms in total. The Kier molecular flexibility index (Phi) is 5.88. The summed E-state index contributed by atoms with van der Waals surface area (Å²) in [6.45, 7) is 2.05.